The van der Waals surface area contributed by atoms with Crippen LogP contribution in [0.5, 0.6) is 0 Å². The molecule has 4 aromatic rings. The van der Waals surface area contributed by atoms with Gasteiger partial charge in [0.15, 0.2) is 0 Å². The van der Waals surface area contributed by atoms with E-state index < -0.39 is 0 Å². The van der Waals surface area contributed by atoms with Crippen molar-refractivity contribution >= 4 is 16.7 Å². The number of hydrogen-bond acceptors (Lipinski definition) is 5. The van der Waals surface area contributed by atoms with Gasteiger partial charge in [-0.2, -0.15) is 4.98 Å². The van der Waals surface area contributed by atoms with Crippen LogP contribution in [0.1, 0.15) is 30.9 Å². The van der Waals surface area contributed by atoms with Gasteiger partial charge in [-0.3, -0.25) is 0 Å². The zero-order chi connectivity index (χ0) is 19.5. The second kappa shape index (κ2) is 7.84. The average Bonchev–Trinajstić information content (AvgIpc) is 3.33. The average molecular weight is 375 g/mol. The van der Waals surface area contributed by atoms with Crippen LogP contribution >= 0.6 is 0 Å². The monoisotopic (exact) mass is 375 g/mol. The number of fused-ring (bicyclic) bond motifs is 1. The first-order valence-corrected chi connectivity index (χ1v) is 9.68. The van der Waals surface area contributed by atoms with Crippen LogP contribution < -0.4 is 5.32 Å². The van der Waals surface area contributed by atoms with Gasteiger partial charge in [0.1, 0.15) is 5.82 Å². The Morgan fingerprint density at radius 1 is 1.14 bits per heavy atom. The predicted molar refractivity (Wildman–Crippen MR) is 111 cm³/mol. The van der Waals surface area contributed by atoms with Crippen LogP contribution in [0.2, 0.25) is 0 Å². The van der Waals surface area contributed by atoms with E-state index in [1.165, 1.54) is 22.0 Å². The maximum Gasteiger partial charge on any atom is 0.227 e. The Hall–Kier alpha value is -3.15. The number of para-hydroxylation sites is 1. The van der Waals surface area contributed by atoms with E-state index in [-0.39, 0.29) is 0 Å². The van der Waals surface area contributed by atoms with Crippen LogP contribution in [0, 0.1) is 12.8 Å². The number of aromatic amines is 1. The van der Waals surface area contributed by atoms with Gasteiger partial charge in [-0.1, -0.05) is 37.2 Å². The molecule has 0 spiro atoms. The Labute approximate surface area is 164 Å². The number of aryl methyl sites for hydroxylation is 3. The Morgan fingerprint density at radius 2 is 2.04 bits per heavy atom. The first-order chi connectivity index (χ1) is 13.6. The maximum atomic E-state index is 5.45. The van der Waals surface area contributed by atoms with Crippen LogP contribution in [0.4, 0.5) is 5.82 Å². The molecule has 0 amide bonds. The normalized spacial score (nSPS) is 11.4. The molecule has 0 saturated carbocycles. The first-order valence-electron chi connectivity index (χ1n) is 9.68. The molecule has 0 aliphatic heterocycles. The lowest BCUT2D eigenvalue weighted by molar-refractivity contribution is 0.379. The minimum Gasteiger partial charge on any atom is -0.370 e. The topological polar surface area (TPSA) is 79.6 Å². The van der Waals surface area contributed by atoms with Gasteiger partial charge < -0.3 is 14.8 Å². The molecule has 6 heteroatoms. The number of aromatic nitrogens is 4. The number of anilines is 1. The van der Waals surface area contributed by atoms with Gasteiger partial charge in [0.05, 0.1) is 0 Å². The lowest BCUT2D eigenvalue weighted by Crippen LogP contribution is -2.08. The summed E-state index contributed by atoms with van der Waals surface area (Å²) in [6, 6.07) is 10.3. The lowest BCUT2D eigenvalue weighted by Gasteiger charge is -2.07. The van der Waals surface area contributed by atoms with E-state index in [0.29, 0.717) is 24.1 Å². The van der Waals surface area contributed by atoms with Gasteiger partial charge in [0.25, 0.3) is 0 Å². The SMILES string of the molecule is Cc1cccc2c(CCc3nc(-c4ccc(NCC(C)C)nc4)no3)c[nH]c12. The van der Waals surface area contributed by atoms with Gasteiger partial charge in [-0.05, 0) is 42.5 Å². The summed E-state index contributed by atoms with van der Waals surface area (Å²) in [5.74, 6) is 2.64. The van der Waals surface area contributed by atoms with Gasteiger partial charge in [-0.25, -0.2) is 4.98 Å². The zero-order valence-corrected chi connectivity index (χ0v) is 16.5. The largest absolute Gasteiger partial charge is 0.370 e. The molecule has 0 unspecified atom stereocenters. The van der Waals surface area contributed by atoms with Crippen LogP contribution in [0.25, 0.3) is 22.3 Å². The van der Waals surface area contributed by atoms with Crippen molar-refractivity contribution in [1.82, 2.24) is 20.1 Å². The summed E-state index contributed by atoms with van der Waals surface area (Å²) in [4.78, 5) is 12.3. The summed E-state index contributed by atoms with van der Waals surface area (Å²) >= 11 is 0. The lowest BCUT2D eigenvalue weighted by atomic mass is 10.1. The summed E-state index contributed by atoms with van der Waals surface area (Å²) in [5, 5.41) is 8.67. The molecular weight excluding hydrogens is 350 g/mol. The highest BCUT2D eigenvalue weighted by atomic mass is 16.5. The van der Waals surface area contributed by atoms with Crippen molar-refractivity contribution in [2.75, 3.05) is 11.9 Å². The second-order valence-corrected chi connectivity index (χ2v) is 7.53. The predicted octanol–water partition coefficient (Wildman–Crippen LogP) is 4.77. The van der Waals surface area contributed by atoms with Gasteiger partial charge in [0, 0.05) is 41.8 Å². The van der Waals surface area contributed by atoms with Crippen molar-refractivity contribution in [2.45, 2.75) is 33.6 Å². The van der Waals surface area contributed by atoms with Crippen LogP contribution in [0.3, 0.4) is 0 Å². The fourth-order valence-electron chi connectivity index (χ4n) is 3.23. The first kappa shape index (κ1) is 18.2. The fraction of sp³-hybridized carbons (Fsp3) is 0.318. The molecule has 144 valence electrons. The number of H-pyrrole nitrogens is 1. The van der Waals surface area contributed by atoms with E-state index in [1.54, 1.807) is 6.20 Å². The van der Waals surface area contributed by atoms with Crippen molar-refractivity contribution in [2.24, 2.45) is 5.92 Å². The summed E-state index contributed by atoms with van der Waals surface area (Å²) in [6.07, 6.45) is 5.40. The van der Waals surface area contributed by atoms with Crippen LogP contribution in [-0.2, 0) is 12.8 Å². The highest BCUT2D eigenvalue weighted by Gasteiger charge is 2.11. The van der Waals surface area contributed by atoms with E-state index in [0.717, 1.165) is 24.3 Å². The number of rotatable bonds is 7. The standard InChI is InChI=1S/C22H25N5O/c1-14(2)11-23-19-9-7-17(13-24-19)22-26-20(28-27-22)10-8-16-12-25-21-15(3)5-4-6-18(16)21/h4-7,9,12-14,25H,8,10-11H2,1-3H3,(H,23,24). The van der Waals surface area contributed by atoms with E-state index in [9.17, 15) is 0 Å². The van der Waals surface area contributed by atoms with E-state index in [1.807, 2.05) is 12.1 Å². The third kappa shape index (κ3) is 3.91. The smallest absolute Gasteiger partial charge is 0.227 e. The van der Waals surface area contributed by atoms with Gasteiger partial charge in [-0.15, -0.1) is 0 Å². The maximum absolute atomic E-state index is 5.45. The molecule has 0 atom stereocenters. The fourth-order valence-corrected chi connectivity index (χ4v) is 3.23. The van der Waals surface area contributed by atoms with Gasteiger partial charge in [0.2, 0.25) is 11.7 Å². The van der Waals surface area contributed by atoms with Crippen molar-refractivity contribution in [1.29, 1.82) is 0 Å². The zero-order valence-electron chi connectivity index (χ0n) is 16.5. The molecule has 3 heterocycles. The van der Waals surface area contributed by atoms with Crippen LogP contribution in [0.15, 0.2) is 47.2 Å². The molecule has 3 aromatic heterocycles. The molecule has 0 radical (unpaired) electrons. The van der Waals surface area contributed by atoms with E-state index in [2.05, 4.69) is 70.6 Å². The third-order valence-electron chi connectivity index (χ3n) is 4.80. The molecule has 0 aliphatic carbocycles. The minimum absolute atomic E-state index is 0.572. The Balaban J connectivity index is 1.42. The molecule has 2 N–H and O–H groups in total. The number of hydrogen-bond donors (Lipinski definition) is 2. The van der Waals surface area contributed by atoms with E-state index >= 15 is 0 Å². The van der Waals surface area contributed by atoms with Crippen molar-refractivity contribution in [3.63, 3.8) is 0 Å². The molecule has 0 saturated heterocycles. The number of nitrogens with zero attached hydrogens (tertiary/aromatic N) is 3. The quantitative estimate of drug-likeness (QED) is 0.486. The molecule has 1 aromatic carbocycles. The molecule has 4 rings (SSSR count). The summed E-state index contributed by atoms with van der Waals surface area (Å²) in [6.45, 7) is 7.34. The molecule has 28 heavy (non-hydrogen) atoms. The summed E-state index contributed by atoms with van der Waals surface area (Å²) < 4.78 is 5.45. The molecule has 0 bridgehead atoms. The molecule has 0 fully saturated rings. The Morgan fingerprint density at radius 3 is 2.82 bits per heavy atom. The van der Waals surface area contributed by atoms with Gasteiger partial charge >= 0.3 is 0 Å². The number of pyridine rings is 1. The van der Waals surface area contributed by atoms with Crippen LogP contribution in [-0.4, -0.2) is 26.7 Å². The molecule has 0 aliphatic rings. The van der Waals surface area contributed by atoms with E-state index in [4.69, 9.17) is 4.52 Å². The van der Waals surface area contributed by atoms with Crippen molar-refractivity contribution in [3.05, 3.63) is 59.7 Å². The van der Waals surface area contributed by atoms with Crippen molar-refractivity contribution in [3.8, 4) is 11.4 Å². The Kier molecular flexibility index (Phi) is 5.10. The Bertz CT molecular complexity index is 1060. The molecule has 6 nitrogen and oxygen atoms in total. The number of nitrogens with one attached hydrogen (secondary N) is 2. The summed E-state index contributed by atoms with van der Waals surface area (Å²) in [5.41, 5.74) is 4.57. The minimum atomic E-state index is 0.572. The second-order valence-electron chi connectivity index (χ2n) is 7.53. The number of benzene rings is 1. The third-order valence-corrected chi connectivity index (χ3v) is 4.80. The molecular formula is C22H25N5O. The van der Waals surface area contributed by atoms with Crippen molar-refractivity contribution < 1.29 is 4.52 Å². The highest BCUT2D eigenvalue weighted by molar-refractivity contribution is 5.85. The highest BCUT2D eigenvalue weighted by Crippen LogP contribution is 2.23. The summed E-state index contributed by atoms with van der Waals surface area (Å²) in [7, 11) is 0.